The quantitative estimate of drug-likeness (QED) is 0.226. The third-order valence-electron chi connectivity index (χ3n) is 5.49. The highest BCUT2D eigenvalue weighted by Crippen LogP contribution is 2.31. The zero-order valence-corrected chi connectivity index (χ0v) is 21.2. The summed E-state index contributed by atoms with van der Waals surface area (Å²) in [4.78, 5) is 21.3. The lowest BCUT2D eigenvalue weighted by Crippen LogP contribution is -2.52. The summed E-state index contributed by atoms with van der Waals surface area (Å²) in [5.41, 5.74) is 0.831. The molecule has 8 nitrogen and oxygen atoms in total. The Balaban J connectivity index is 0.00000341. The van der Waals surface area contributed by atoms with E-state index < -0.39 is 0 Å². The third-order valence-corrected chi connectivity index (χ3v) is 5.49. The van der Waals surface area contributed by atoms with Crippen molar-refractivity contribution in [2.45, 2.75) is 32.7 Å². The summed E-state index contributed by atoms with van der Waals surface area (Å²) < 4.78 is 11.0. The van der Waals surface area contributed by atoms with Gasteiger partial charge < -0.3 is 25.0 Å². The van der Waals surface area contributed by atoms with Crippen LogP contribution in [0.4, 0.5) is 5.69 Å². The maximum Gasteiger partial charge on any atom is 0.265 e. The van der Waals surface area contributed by atoms with E-state index in [-0.39, 0.29) is 42.0 Å². The Kier molecular flexibility index (Phi) is 10.3. The van der Waals surface area contributed by atoms with Crippen LogP contribution in [0.2, 0.25) is 0 Å². The molecule has 0 radical (unpaired) electrons. The molecule has 174 valence electrons. The molecular formula is C22H36IN5O3. The van der Waals surface area contributed by atoms with E-state index in [1.807, 2.05) is 29.2 Å². The van der Waals surface area contributed by atoms with Crippen LogP contribution in [0.3, 0.4) is 0 Å². The van der Waals surface area contributed by atoms with Crippen molar-refractivity contribution in [3.8, 4) is 5.75 Å². The normalized spacial score (nSPS) is 17.5. The fourth-order valence-corrected chi connectivity index (χ4v) is 3.73. The summed E-state index contributed by atoms with van der Waals surface area (Å²) >= 11 is 0. The maximum absolute atomic E-state index is 12.3. The molecule has 2 N–H and O–H groups in total. The highest BCUT2D eigenvalue weighted by Gasteiger charge is 2.28. The first kappa shape index (κ1) is 25.7. The van der Waals surface area contributed by atoms with Crippen LogP contribution in [0, 0.1) is 0 Å². The van der Waals surface area contributed by atoms with Crippen LogP contribution in [0.1, 0.15) is 27.2 Å². The van der Waals surface area contributed by atoms with Gasteiger partial charge in [-0.25, -0.2) is 0 Å². The molecule has 0 spiro atoms. The number of guanidine groups is 1. The number of carbonyl (C=O) groups is 1. The number of benzene rings is 1. The Bertz CT molecular complexity index is 738. The van der Waals surface area contributed by atoms with Gasteiger partial charge in [0.2, 0.25) is 0 Å². The summed E-state index contributed by atoms with van der Waals surface area (Å²) in [6, 6.07) is 7.68. The first-order chi connectivity index (χ1) is 14.5. The predicted molar refractivity (Wildman–Crippen MR) is 135 cm³/mol. The number of para-hydroxylation sites is 2. The average molecular weight is 545 g/mol. The number of fused-ring (bicyclic) bond motifs is 1. The number of ether oxygens (including phenoxy) is 2. The van der Waals surface area contributed by atoms with E-state index in [9.17, 15) is 4.79 Å². The number of amides is 1. The van der Waals surface area contributed by atoms with E-state index in [2.05, 4.69) is 36.3 Å². The minimum atomic E-state index is -0.0178. The van der Waals surface area contributed by atoms with Gasteiger partial charge in [-0.2, -0.15) is 0 Å². The van der Waals surface area contributed by atoms with Gasteiger partial charge in [0.25, 0.3) is 5.91 Å². The van der Waals surface area contributed by atoms with Crippen LogP contribution in [0.25, 0.3) is 0 Å². The summed E-state index contributed by atoms with van der Waals surface area (Å²) in [5.74, 6) is 1.58. The summed E-state index contributed by atoms with van der Waals surface area (Å²) in [7, 11) is 0. The molecule has 1 saturated heterocycles. The number of carbonyl (C=O) groups excluding carboxylic acids is 1. The van der Waals surface area contributed by atoms with Gasteiger partial charge in [0, 0.05) is 38.3 Å². The molecule has 2 aliphatic heterocycles. The van der Waals surface area contributed by atoms with Crippen LogP contribution < -0.4 is 20.3 Å². The van der Waals surface area contributed by atoms with Crippen LogP contribution in [0.5, 0.6) is 5.75 Å². The number of halogens is 1. The molecule has 1 aromatic rings. The summed E-state index contributed by atoms with van der Waals surface area (Å²) in [5, 5.41) is 6.72. The van der Waals surface area contributed by atoms with Crippen molar-refractivity contribution in [2.24, 2.45) is 4.99 Å². The number of anilines is 1. The van der Waals surface area contributed by atoms with Crippen molar-refractivity contribution in [1.29, 1.82) is 0 Å². The number of rotatable bonds is 8. The van der Waals surface area contributed by atoms with E-state index in [1.165, 1.54) is 0 Å². The van der Waals surface area contributed by atoms with Gasteiger partial charge in [0.05, 0.1) is 25.4 Å². The van der Waals surface area contributed by atoms with Crippen molar-refractivity contribution < 1.29 is 14.3 Å². The van der Waals surface area contributed by atoms with Gasteiger partial charge >= 0.3 is 0 Å². The molecule has 1 fully saturated rings. The largest absolute Gasteiger partial charge is 0.482 e. The molecule has 0 aliphatic carbocycles. The van der Waals surface area contributed by atoms with E-state index >= 15 is 0 Å². The number of hydrogen-bond donors (Lipinski definition) is 2. The van der Waals surface area contributed by atoms with Crippen LogP contribution >= 0.6 is 24.0 Å². The van der Waals surface area contributed by atoms with E-state index in [0.29, 0.717) is 13.1 Å². The predicted octanol–water partition coefficient (Wildman–Crippen LogP) is 2.09. The van der Waals surface area contributed by atoms with E-state index in [1.54, 1.807) is 0 Å². The third kappa shape index (κ3) is 7.21. The van der Waals surface area contributed by atoms with Gasteiger partial charge in [-0.15, -0.1) is 24.0 Å². The molecule has 2 aliphatic rings. The van der Waals surface area contributed by atoms with Crippen LogP contribution in [-0.4, -0.2) is 81.4 Å². The molecular weight excluding hydrogens is 509 g/mol. The summed E-state index contributed by atoms with van der Waals surface area (Å²) in [6.07, 6.45) is 0.817. The molecule has 0 unspecified atom stereocenters. The highest BCUT2D eigenvalue weighted by molar-refractivity contribution is 14.0. The Morgan fingerprint density at radius 3 is 2.68 bits per heavy atom. The van der Waals surface area contributed by atoms with E-state index in [0.717, 1.165) is 63.2 Å². The smallest absolute Gasteiger partial charge is 0.265 e. The Labute approximate surface area is 202 Å². The van der Waals surface area contributed by atoms with Crippen molar-refractivity contribution in [2.75, 3.05) is 64.0 Å². The first-order valence-corrected chi connectivity index (χ1v) is 10.9. The molecule has 0 saturated carbocycles. The molecule has 0 bridgehead atoms. The molecule has 3 rings (SSSR count). The highest BCUT2D eigenvalue weighted by atomic mass is 127. The SMILES string of the molecule is CCNC(=NCC(C)(C)N1CCOCC1)NCCCN1C(=O)COc2ccccc21.I. The standard InChI is InChI=1S/C22H35N5O3.HI/c1-4-23-21(25-17-22(2,3)26-12-14-29-15-13-26)24-10-7-11-27-18-8-5-6-9-19(18)30-16-20(27)28;/h5-6,8-9H,4,7,10-17H2,1-3H3,(H2,23,24,25);1H. The summed E-state index contributed by atoms with van der Waals surface area (Å²) in [6.45, 7) is 13.0. The van der Waals surface area contributed by atoms with Gasteiger partial charge in [-0.05, 0) is 39.3 Å². The second-order valence-electron chi connectivity index (χ2n) is 8.19. The van der Waals surface area contributed by atoms with Crippen LogP contribution in [0.15, 0.2) is 29.3 Å². The topological polar surface area (TPSA) is 78.4 Å². The zero-order valence-electron chi connectivity index (χ0n) is 18.9. The second kappa shape index (κ2) is 12.4. The Morgan fingerprint density at radius 2 is 1.94 bits per heavy atom. The molecule has 1 aromatic carbocycles. The molecule has 2 heterocycles. The van der Waals surface area contributed by atoms with Crippen molar-refractivity contribution in [1.82, 2.24) is 15.5 Å². The van der Waals surface area contributed by atoms with Crippen LogP contribution in [-0.2, 0) is 9.53 Å². The fraction of sp³-hybridized carbons (Fsp3) is 0.636. The lowest BCUT2D eigenvalue weighted by Gasteiger charge is -2.39. The van der Waals surface area contributed by atoms with Crippen molar-refractivity contribution in [3.63, 3.8) is 0 Å². The number of morpholine rings is 1. The van der Waals surface area contributed by atoms with E-state index in [4.69, 9.17) is 14.5 Å². The van der Waals surface area contributed by atoms with Gasteiger partial charge in [-0.3, -0.25) is 14.7 Å². The van der Waals surface area contributed by atoms with Gasteiger partial charge in [0.1, 0.15) is 5.75 Å². The maximum atomic E-state index is 12.3. The number of nitrogens with one attached hydrogen (secondary N) is 2. The first-order valence-electron chi connectivity index (χ1n) is 10.9. The molecule has 9 heteroatoms. The molecule has 1 amide bonds. The Morgan fingerprint density at radius 1 is 1.19 bits per heavy atom. The number of nitrogens with zero attached hydrogens (tertiary/aromatic N) is 3. The molecule has 0 aromatic heterocycles. The monoisotopic (exact) mass is 545 g/mol. The molecule has 31 heavy (non-hydrogen) atoms. The fourth-order valence-electron chi connectivity index (χ4n) is 3.73. The van der Waals surface area contributed by atoms with Gasteiger partial charge in [-0.1, -0.05) is 12.1 Å². The zero-order chi connectivity index (χ0) is 21.4. The molecule has 0 atom stereocenters. The van der Waals surface area contributed by atoms with Gasteiger partial charge in [0.15, 0.2) is 12.6 Å². The Hall–Kier alpha value is -1.59. The lowest BCUT2D eigenvalue weighted by molar-refractivity contribution is -0.121. The second-order valence-corrected chi connectivity index (χ2v) is 8.19. The van der Waals surface area contributed by atoms with Crippen molar-refractivity contribution in [3.05, 3.63) is 24.3 Å². The number of hydrogen-bond acceptors (Lipinski definition) is 5. The van der Waals surface area contributed by atoms with Crippen molar-refractivity contribution >= 4 is 41.5 Å². The number of aliphatic imine (C=N–C) groups is 1. The average Bonchev–Trinajstić information content (AvgIpc) is 2.76. The lowest BCUT2D eigenvalue weighted by atomic mass is 10.0. The minimum absolute atomic E-state index is 0. The minimum Gasteiger partial charge on any atom is -0.482 e.